The Morgan fingerprint density at radius 3 is 3.11 bits per heavy atom. The highest BCUT2D eigenvalue weighted by atomic mass is 32.1. The second-order valence-electron chi connectivity index (χ2n) is 3.60. The number of rotatable bonds is 5. The number of benzene rings is 1. The first-order chi connectivity index (χ1) is 8.79. The maximum Gasteiger partial charge on any atom is 0.250 e. The van der Waals surface area contributed by atoms with Crippen molar-refractivity contribution in [1.29, 1.82) is 0 Å². The molecular weight excluding hydrogens is 248 g/mol. The van der Waals surface area contributed by atoms with Gasteiger partial charge >= 0.3 is 0 Å². The summed E-state index contributed by atoms with van der Waals surface area (Å²) in [5, 5.41) is 5.66. The van der Waals surface area contributed by atoms with Crippen LogP contribution in [0.25, 0.3) is 10.6 Å². The van der Waals surface area contributed by atoms with E-state index in [-0.39, 0.29) is 12.5 Å². The molecule has 0 radical (unpaired) electrons. The van der Waals surface area contributed by atoms with Crippen LogP contribution in [0.3, 0.4) is 0 Å². The summed E-state index contributed by atoms with van der Waals surface area (Å²) in [6.07, 6.45) is 1.76. The molecule has 4 nitrogen and oxygen atoms in total. The number of hydrogen-bond donors (Lipinski definition) is 1. The van der Waals surface area contributed by atoms with Crippen molar-refractivity contribution in [3.63, 3.8) is 0 Å². The molecule has 1 aromatic carbocycles. The Morgan fingerprint density at radius 1 is 1.50 bits per heavy atom. The molecule has 0 atom stereocenters. The molecular formula is C13H14N2O2S. The number of nitrogens with zero attached hydrogens (tertiary/aromatic N) is 1. The van der Waals surface area contributed by atoms with Crippen molar-refractivity contribution in [2.45, 2.75) is 6.92 Å². The van der Waals surface area contributed by atoms with Crippen molar-refractivity contribution in [1.82, 2.24) is 4.98 Å². The van der Waals surface area contributed by atoms with E-state index >= 15 is 0 Å². The average Bonchev–Trinajstić information content (AvgIpc) is 2.90. The zero-order valence-corrected chi connectivity index (χ0v) is 10.9. The number of thiazole rings is 1. The maximum absolute atomic E-state index is 11.5. The molecule has 1 heterocycles. The van der Waals surface area contributed by atoms with Gasteiger partial charge in [0.05, 0.1) is 0 Å². The summed E-state index contributed by atoms with van der Waals surface area (Å²) in [4.78, 5) is 15.8. The third-order valence-electron chi connectivity index (χ3n) is 2.26. The van der Waals surface area contributed by atoms with Crippen LogP contribution in [-0.2, 0) is 9.53 Å². The highest BCUT2D eigenvalue weighted by molar-refractivity contribution is 7.13. The fourth-order valence-corrected chi connectivity index (χ4v) is 2.12. The highest BCUT2D eigenvalue weighted by Gasteiger charge is 2.04. The van der Waals surface area contributed by atoms with Crippen LogP contribution in [0.5, 0.6) is 0 Å². The summed E-state index contributed by atoms with van der Waals surface area (Å²) in [5.41, 5.74) is 1.76. The molecule has 0 aliphatic heterocycles. The van der Waals surface area contributed by atoms with E-state index < -0.39 is 0 Å². The van der Waals surface area contributed by atoms with Crippen molar-refractivity contribution in [2.24, 2.45) is 0 Å². The number of nitrogens with one attached hydrogen (secondary N) is 1. The Kier molecular flexibility index (Phi) is 4.44. The molecule has 0 fully saturated rings. The van der Waals surface area contributed by atoms with Gasteiger partial charge in [0.1, 0.15) is 11.6 Å². The van der Waals surface area contributed by atoms with Crippen LogP contribution < -0.4 is 5.32 Å². The monoisotopic (exact) mass is 262 g/mol. The molecule has 0 unspecified atom stereocenters. The quantitative estimate of drug-likeness (QED) is 0.901. The predicted molar refractivity (Wildman–Crippen MR) is 72.7 cm³/mol. The number of hydrogen-bond acceptors (Lipinski definition) is 4. The number of carbonyl (C=O) groups is 1. The molecule has 2 rings (SSSR count). The van der Waals surface area contributed by atoms with Crippen molar-refractivity contribution >= 4 is 22.9 Å². The minimum Gasteiger partial charge on any atom is -0.372 e. The van der Waals surface area contributed by atoms with Crippen LogP contribution >= 0.6 is 11.3 Å². The minimum atomic E-state index is -0.145. The van der Waals surface area contributed by atoms with Gasteiger partial charge in [-0.15, -0.1) is 11.3 Å². The summed E-state index contributed by atoms with van der Waals surface area (Å²) < 4.78 is 5.05. The van der Waals surface area contributed by atoms with Gasteiger partial charge in [0.15, 0.2) is 0 Å². The number of amides is 1. The van der Waals surface area contributed by atoms with Crippen LogP contribution in [-0.4, -0.2) is 24.1 Å². The smallest absolute Gasteiger partial charge is 0.250 e. The van der Waals surface area contributed by atoms with Gasteiger partial charge in [-0.1, -0.05) is 12.1 Å². The number of ether oxygens (including phenoxy) is 1. The van der Waals surface area contributed by atoms with Gasteiger partial charge in [-0.3, -0.25) is 4.79 Å². The standard InChI is InChI=1S/C13H14N2O2S/c1-2-17-9-12(16)15-11-5-3-4-10(8-11)13-14-6-7-18-13/h3-8H,2,9H2,1H3,(H,15,16). The number of aromatic nitrogens is 1. The molecule has 0 aliphatic carbocycles. The lowest BCUT2D eigenvalue weighted by Crippen LogP contribution is -2.18. The molecule has 5 heteroatoms. The van der Waals surface area contributed by atoms with Crippen LogP contribution in [0, 0.1) is 0 Å². The van der Waals surface area contributed by atoms with E-state index in [1.807, 2.05) is 36.6 Å². The molecule has 0 saturated carbocycles. The molecule has 18 heavy (non-hydrogen) atoms. The van der Waals surface area contributed by atoms with Crippen LogP contribution in [0.1, 0.15) is 6.92 Å². The third kappa shape index (κ3) is 3.38. The van der Waals surface area contributed by atoms with E-state index in [0.717, 1.165) is 16.3 Å². The molecule has 1 aromatic heterocycles. The van der Waals surface area contributed by atoms with Crippen molar-refractivity contribution in [3.8, 4) is 10.6 Å². The fraction of sp³-hybridized carbons (Fsp3) is 0.231. The second kappa shape index (κ2) is 6.28. The molecule has 94 valence electrons. The Morgan fingerprint density at radius 2 is 2.39 bits per heavy atom. The Hall–Kier alpha value is -1.72. The van der Waals surface area contributed by atoms with E-state index in [4.69, 9.17) is 4.74 Å². The first kappa shape index (κ1) is 12.7. The lowest BCUT2D eigenvalue weighted by molar-refractivity contribution is -0.120. The van der Waals surface area contributed by atoms with E-state index in [2.05, 4.69) is 10.3 Å². The zero-order valence-electron chi connectivity index (χ0n) is 10.1. The predicted octanol–water partition coefficient (Wildman–Crippen LogP) is 2.79. The molecule has 1 amide bonds. The van der Waals surface area contributed by atoms with Crippen LogP contribution in [0.4, 0.5) is 5.69 Å². The molecule has 0 bridgehead atoms. The van der Waals surface area contributed by atoms with Gasteiger partial charge in [0, 0.05) is 29.4 Å². The number of anilines is 1. The molecule has 1 N–H and O–H groups in total. The van der Waals surface area contributed by atoms with Gasteiger partial charge in [0.25, 0.3) is 0 Å². The maximum atomic E-state index is 11.5. The first-order valence-electron chi connectivity index (χ1n) is 5.67. The van der Waals surface area contributed by atoms with Crippen molar-refractivity contribution in [2.75, 3.05) is 18.5 Å². The lowest BCUT2D eigenvalue weighted by atomic mass is 10.2. The largest absolute Gasteiger partial charge is 0.372 e. The molecule has 0 aliphatic rings. The molecule has 2 aromatic rings. The summed E-state index contributed by atoms with van der Waals surface area (Å²) in [7, 11) is 0. The van der Waals surface area contributed by atoms with Crippen molar-refractivity contribution in [3.05, 3.63) is 35.8 Å². The molecule has 0 saturated heterocycles. The Balaban J connectivity index is 2.06. The first-order valence-corrected chi connectivity index (χ1v) is 6.55. The topological polar surface area (TPSA) is 51.2 Å². The normalized spacial score (nSPS) is 10.3. The van der Waals surface area contributed by atoms with Gasteiger partial charge in [0.2, 0.25) is 5.91 Å². The lowest BCUT2D eigenvalue weighted by Gasteiger charge is -2.06. The Labute approximate surface area is 110 Å². The summed E-state index contributed by atoms with van der Waals surface area (Å²) in [6.45, 7) is 2.47. The summed E-state index contributed by atoms with van der Waals surface area (Å²) >= 11 is 1.57. The van der Waals surface area contributed by atoms with E-state index in [0.29, 0.717) is 6.61 Å². The van der Waals surface area contributed by atoms with E-state index in [1.165, 1.54) is 0 Å². The van der Waals surface area contributed by atoms with E-state index in [9.17, 15) is 4.79 Å². The summed E-state index contributed by atoms with van der Waals surface area (Å²) in [5.74, 6) is -0.145. The average molecular weight is 262 g/mol. The zero-order chi connectivity index (χ0) is 12.8. The highest BCUT2D eigenvalue weighted by Crippen LogP contribution is 2.24. The van der Waals surface area contributed by atoms with Gasteiger partial charge in [-0.2, -0.15) is 0 Å². The fourth-order valence-electron chi connectivity index (χ4n) is 1.49. The number of carbonyl (C=O) groups excluding carboxylic acids is 1. The molecule has 0 spiro atoms. The third-order valence-corrected chi connectivity index (χ3v) is 3.09. The Bertz CT molecular complexity index is 511. The van der Waals surface area contributed by atoms with Crippen molar-refractivity contribution < 1.29 is 9.53 Å². The van der Waals surface area contributed by atoms with Gasteiger partial charge < -0.3 is 10.1 Å². The van der Waals surface area contributed by atoms with Gasteiger partial charge in [-0.05, 0) is 19.1 Å². The van der Waals surface area contributed by atoms with Crippen LogP contribution in [0.2, 0.25) is 0 Å². The van der Waals surface area contributed by atoms with E-state index in [1.54, 1.807) is 17.5 Å². The van der Waals surface area contributed by atoms with Crippen LogP contribution in [0.15, 0.2) is 35.8 Å². The second-order valence-corrected chi connectivity index (χ2v) is 4.50. The summed E-state index contributed by atoms with van der Waals surface area (Å²) in [6, 6.07) is 7.62. The SMILES string of the molecule is CCOCC(=O)Nc1cccc(-c2nccs2)c1. The van der Waals surface area contributed by atoms with Gasteiger partial charge in [-0.25, -0.2) is 4.98 Å². The minimum absolute atomic E-state index is 0.0813.